The summed E-state index contributed by atoms with van der Waals surface area (Å²) in [5, 5.41) is 18.0. The summed E-state index contributed by atoms with van der Waals surface area (Å²) in [6.07, 6.45) is 0.581. The second-order valence-electron chi connectivity index (χ2n) is 8.28. The minimum Gasteiger partial charge on any atom is -0.506 e. The molecule has 2 amide bonds. The van der Waals surface area contributed by atoms with Gasteiger partial charge in [-0.25, -0.2) is 13.4 Å². The molecule has 8 nitrogen and oxygen atoms in total. The van der Waals surface area contributed by atoms with Crippen molar-refractivity contribution in [3.05, 3.63) is 23.8 Å². The lowest BCUT2D eigenvalue weighted by molar-refractivity contribution is -0.133. The maximum atomic E-state index is 12.7. The lowest BCUT2D eigenvalue weighted by atomic mass is 9.87. The molecule has 2 aliphatic heterocycles. The summed E-state index contributed by atoms with van der Waals surface area (Å²) in [6, 6.07) is 4.50. The van der Waals surface area contributed by atoms with Gasteiger partial charge in [-0.3, -0.25) is 9.59 Å². The Morgan fingerprint density at radius 3 is 2.61 bits per heavy atom. The third-order valence-electron chi connectivity index (χ3n) is 4.99. The quantitative estimate of drug-likeness (QED) is 0.741. The van der Waals surface area contributed by atoms with E-state index in [4.69, 9.17) is 0 Å². The van der Waals surface area contributed by atoms with Gasteiger partial charge in [-0.1, -0.05) is 26.8 Å². The number of aromatic hydroxyl groups is 1. The maximum Gasteiger partial charge on any atom is 0.271 e. The van der Waals surface area contributed by atoms with Crippen LogP contribution in [0.25, 0.3) is 0 Å². The number of carbonyl (C=O) groups is 2. The van der Waals surface area contributed by atoms with Gasteiger partial charge in [-0.05, 0) is 29.5 Å². The van der Waals surface area contributed by atoms with Crippen LogP contribution in [0.2, 0.25) is 0 Å². The average molecular weight is 407 g/mol. The molecule has 1 unspecified atom stereocenters. The van der Waals surface area contributed by atoms with Crippen molar-refractivity contribution in [2.45, 2.75) is 51.5 Å². The molecule has 0 radical (unpaired) electrons. The molecule has 0 aliphatic carbocycles. The van der Waals surface area contributed by atoms with Crippen LogP contribution in [0.15, 0.2) is 23.3 Å². The summed E-state index contributed by atoms with van der Waals surface area (Å²) in [6.45, 7) is 6.07. The predicted molar refractivity (Wildman–Crippen MR) is 106 cm³/mol. The first-order chi connectivity index (χ1) is 13.0. The Bertz CT molecular complexity index is 947. The highest BCUT2D eigenvalue weighted by atomic mass is 32.2. The molecule has 1 fully saturated rings. The van der Waals surface area contributed by atoms with Crippen LogP contribution in [-0.2, 0) is 24.8 Å². The number of hydrazone groups is 1. The van der Waals surface area contributed by atoms with E-state index in [1.807, 2.05) is 20.8 Å². The number of sulfone groups is 1. The number of nitrogens with zero attached hydrogens (tertiary/aromatic N) is 2. The molecule has 1 saturated heterocycles. The lowest BCUT2D eigenvalue weighted by Crippen LogP contribution is -2.42. The normalized spacial score (nSPS) is 22.1. The standard InChI is InChI=1S/C19H25N3O5S/c1-19(2,3)12-4-6-16(23)15(10-12)20-18(25)14-5-7-17(24)22(21-14)13-8-9-28(26,27)11-13/h4,6,10,13,23H,5,7-9,11H2,1-3H3,(H,20,25). The van der Waals surface area contributed by atoms with Crippen LogP contribution >= 0.6 is 0 Å². The van der Waals surface area contributed by atoms with Crippen LogP contribution in [0.1, 0.15) is 45.6 Å². The van der Waals surface area contributed by atoms with Crippen molar-refractivity contribution in [3.8, 4) is 5.75 Å². The summed E-state index contributed by atoms with van der Waals surface area (Å²) in [5.74, 6) is -0.971. The first-order valence-electron chi connectivity index (χ1n) is 9.21. The second-order valence-corrected chi connectivity index (χ2v) is 10.5. The minimum atomic E-state index is -3.18. The van der Waals surface area contributed by atoms with Crippen molar-refractivity contribution in [3.63, 3.8) is 0 Å². The third kappa shape index (κ3) is 4.35. The van der Waals surface area contributed by atoms with Crippen molar-refractivity contribution in [2.75, 3.05) is 16.8 Å². The van der Waals surface area contributed by atoms with E-state index in [1.54, 1.807) is 12.1 Å². The number of hydrogen-bond donors (Lipinski definition) is 2. The zero-order valence-corrected chi connectivity index (χ0v) is 17.0. The number of benzene rings is 1. The van der Waals surface area contributed by atoms with E-state index in [2.05, 4.69) is 10.4 Å². The van der Waals surface area contributed by atoms with Crippen LogP contribution in [0, 0.1) is 0 Å². The number of hydrogen-bond acceptors (Lipinski definition) is 6. The van der Waals surface area contributed by atoms with E-state index in [0.29, 0.717) is 6.42 Å². The molecule has 28 heavy (non-hydrogen) atoms. The van der Waals surface area contributed by atoms with Crippen LogP contribution in [-0.4, -0.2) is 53.6 Å². The molecule has 1 aromatic rings. The Hall–Kier alpha value is -2.42. The van der Waals surface area contributed by atoms with Gasteiger partial charge in [0.25, 0.3) is 5.91 Å². The van der Waals surface area contributed by atoms with Gasteiger partial charge in [-0.15, -0.1) is 0 Å². The zero-order valence-electron chi connectivity index (χ0n) is 16.2. The van der Waals surface area contributed by atoms with Gasteiger partial charge in [0, 0.05) is 12.8 Å². The predicted octanol–water partition coefficient (Wildman–Crippen LogP) is 1.79. The van der Waals surface area contributed by atoms with Gasteiger partial charge >= 0.3 is 0 Å². The molecule has 2 aliphatic rings. The average Bonchev–Trinajstić information content (AvgIpc) is 2.96. The first-order valence-corrected chi connectivity index (χ1v) is 11.0. The first kappa shape index (κ1) is 20.3. The van der Waals surface area contributed by atoms with Gasteiger partial charge in [0.2, 0.25) is 5.91 Å². The molecule has 1 aromatic carbocycles. The Morgan fingerprint density at radius 2 is 2.00 bits per heavy atom. The van der Waals surface area contributed by atoms with Crippen LogP contribution in [0.4, 0.5) is 5.69 Å². The summed E-state index contributed by atoms with van der Waals surface area (Å²) >= 11 is 0. The van der Waals surface area contributed by atoms with Gasteiger partial charge in [0.15, 0.2) is 9.84 Å². The molecular formula is C19H25N3O5S. The second kappa shape index (κ2) is 7.20. The number of amides is 2. The Morgan fingerprint density at radius 1 is 1.29 bits per heavy atom. The molecule has 0 saturated carbocycles. The summed E-state index contributed by atoms with van der Waals surface area (Å²) < 4.78 is 23.4. The van der Waals surface area contributed by atoms with E-state index in [1.165, 1.54) is 6.07 Å². The van der Waals surface area contributed by atoms with Gasteiger partial charge < -0.3 is 10.4 Å². The van der Waals surface area contributed by atoms with Crippen molar-refractivity contribution in [1.82, 2.24) is 5.01 Å². The van der Waals surface area contributed by atoms with Crippen LogP contribution in [0.3, 0.4) is 0 Å². The fourth-order valence-corrected chi connectivity index (χ4v) is 4.98. The third-order valence-corrected chi connectivity index (χ3v) is 6.74. The lowest BCUT2D eigenvalue weighted by Gasteiger charge is -2.27. The molecule has 1 atom stereocenters. The Balaban J connectivity index is 1.81. The number of carbonyl (C=O) groups excluding carboxylic acids is 2. The molecule has 0 aromatic heterocycles. The number of anilines is 1. The topological polar surface area (TPSA) is 116 Å². The summed E-state index contributed by atoms with van der Waals surface area (Å²) in [7, 11) is -3.18. The fraction of sp³-hybridized carbons (Fsp3) is 0.526. The van der Waals surface area contributed by atoms with Crippen LogP contribution < -0.4 is 5.32 Å². The highest BCUT2D eigenvalue weighted by Gasteiger charge is 2.37. The Kier molecular flexibility index (Phi) is 5.22. The van der Waals surface area contributed by atoms with Gasteiger partial charge in [0.1, 0.15) is 11.5 Å². The smallest absolute Gasteiger partial charge is 0.271 e. The number of phenolic OH excluding ortho intramolecular Hbond substituents is 1. The monoisotopic (exact) mass is 407 g/mol. The van der Waals surface area contributed by atoms with E-state index in [-0.39, 0.29) is 52.8 Å². The maximum absolute atomic E-state index is 12.7. The van der Waals surface area contributed by atoms with Crippen molar-refractivity contribution in [2.24, 2.45) is 5.10 Å². The molecule has 152 valence electrons. The Labute approximate surface area is 164 Å². The van der Waals surface area contributed by atoms with E-state index in [0.717, 1.165) is 10.6 Å². The number of rotatable bonds is 3. The minimum absolute atomic E-state index is 0.0198. The summed E-state index contributed by atoms with van der Waals surface area (Å²) in [5.41, 5.74) is 1.20. The highest BCUT2D eigenvalue weighted by molar-refractivity contribution is 7.91. The summed E-state index contributed by atoms with van der Waals surface area (Å²) in [4.78, 5) is 24.8. The molecule has 0 spiro atoms. The van der Waals surface area contributed by atoms with E-state index in [9.17, 15) is 23.1 Å². The fourth-order valence-electron chi connectivity index (χ4n) is 3.29. The largest absolute Gasteiger partial charge is 0.506 e. The van der Waals surface area contributed by atoms with Crippen molar-refractivity contribution < 1.29 is 23.1 Å². The van der Waals surface area contributed by atoms with Crippen molar-refractivity contribution in [1.29, 1.82) is 0 Å². The van der Waals surface area contributed by atoms with E-state index < -0.39 is 21.8 Å². The highest BCUT2D eigenvalue weighted by Crippen LogP contribution is 2.31. The van der Waals surface area contributed by atoms with Gasteiger partial charge in [-0.2, -0.15) is 5.10 Å². The molecule has 2 N–H and O–H groups in total. The number of nitrogens with one attached hydrogen (secondary N) is 1. The molecular weight excluding hydrogens is 382 g/mol. The molecule has 9 heteroatoms. The molecule has 0 bridgehead atoms. The molecule has 2 heterocycles. The van der Waals surface area contributed by atoms with Gasteiger partial charge in [0.05, 0.1) is 23.2 Å². The van der Waals surface area contributed by atoms with E-state index >= 15 is 0 Å². The number of phenols is 1. The zero-order chi connectivity index (χ0) is 20.7. The van der Waals surface area contributed by atoms with Crippen LogP contribution in [0.5, 0.6) is 5.75 Å². The SMILES string of the molecule is CC(C)(C)c1ccc(O)c(NC(=O)C2=NN(C3CCS(=O)(=O)C3)C(=O)CC2)c1. The molecule has 3 rings (SSSR count). The van der Waals surface area contributed by atoms with Crippen molar-refractivity contribution >= 4 is 33.1 Å².